The van der Waals surface area contributed by atoms with Crippen LogP contribution in [0.1, 0.15) is 35.4 Å². The Labute approximate surface area is 168 Å². The smallest absolute Gasteiger partial charge is 0.356 e. The van der Waals surface area contributed by atoms with Crippen molar-refractivity contribution in [3.8, 4) is 6.07 Å². The van der Waals surface area contributed by atoms with E-state index in [1.807, 2.05) is 35.2 Å². The van der Waals surface area contributed by atoms with Crippen LogP contribution in [0.5, 0.6) is 0 Å². The molecule has 1 saturated heterocycles. The van der Waals surface area contributed by atoms with Gasteiger partial charge < -0.3 is 4.90 Å². The summed E-state index contributed by atoms with van der Waals surface area (Å²) < 4.78 is 39.7. The molecular formula is C19H15ClF3N5O. The summed E-state index contributed by atoms with van der Waals surface area (Å²) in [6.07, 6.45) is -2.76. The molecule has 1 fully saturated rings. The van der Waals surface area contributed by atoms with Gasteiger partial charge in [0.2, 0.25) is 0 Å². The van der Waals surface area contributed by atoms with E-state index < -0.39 is 17.3 Å². The van der Waals surface area contributed by atoms with Crippen molar-refractivity contribution < 1.29 is 13.2 Å². The lowest BCUT2D eigenvalue weighted by Crippen LogP contribution is -2.34. The van der Waals surface area contributed by atoms with Crippen LogP contribution in [-0.4, -0.2) is 27.7 Å². The molecule has 3 heterocycles. The number of anilines is 1. The summed E-state index contributed by atoms with van der Waals surface area (Å²) in [5, 5.41) is 12.8. The van der Waals surface area contributed by atoms with Crippen molar-refractivity contribution in [2.24, 2.45) is 0 Å². The molecule has 0 saturated carbocycles. The van der Waals surface area contributed by atoms with E-state index in [1.165, 1.54) is 5.56 Å². The van der Waals surface area contributed by atoms with Crippen molar-refractivity contribution in [3.63, 3.8) is 0 Å². The first-order chi connectivity index (χ1) is 13.8. The Balaban J connectivity index is 1.65. The molecule has 1 aliphatic heterocycles. The second-order valence-electron chi connectivity index (χ2n) is 6.89. The van der Waals surface area contributed by atoms with Crippen molar-refractivity contribution in [2.45, 2.75) is 24.9 Å². The maximum Gasteiger partial charge on any atom is 0.423 e. The summed E-state index contributed by atoms with van der Waals surface area (Å²) in [5.41, 5.74) is -1.55. The fourth-order valence-corrected chi connectivity index (χ4v) is 3.83. The third-order valence-corrected chi connectivity index (χ3v) is 5.46. The molecule has 0 aliphatic carbocycles. The Morgan fingerprint density at radius 2 is 1.86 bits per heavy atom. The summed E-state index contributed by atoms with van der Waals surface area (Å²) >= 11 is 5.93. The number of aromatic nitrogens is 3. The van der Waals surface area contributed by atoms with Gasteiger partial charge in [-0.15, -0.1) is 0 Å². The Hall–Kier alpha value is -2.99. The number of nitriles is 1. The largest absolute Gasteiger partial charge is 0.423 e. The van der Waals surface area contributed by atoms with Crippen LogP contribution in [-0.2, 0) is 6.18 Å². The van der Waals surface area contributed by atoms with Gasteiger partial charge in [0.15, 0.2) is 5.65 Å². The molecule has 1 aromatic carbocycles. The fourth-order valence-electron chi connectivity index (χ4n) is 3.70. The fraction of sp³-hybridized carbons (Fsp3) is 0.316. The second kappa shape index (κ2) is 7.12. The maximum absolute atomic E-state index is 13.0. The molecule has 1 N–H and O–H groups in total. The Morgan fingerprint density at radius 1 is 1.21 bits per heavy atom. The minimum atomic E-state index is -4.82. The molecule has 29 heavy (non-hydrogen) atoms. The number of halogens is 4. The van der Waals surface area contributed by atoms with Crippen LogP contribution in [0, 0.1) is 11.3 Å². The standard InChI is InChI=1S/C19H15ClF3N5O/c20-13-3-1-11(2-4-13)12-5-7-27(8-6-12)17-14(9-24)16-25-10-15(19(21,22)23)18(29)28(16)26-17/h1-4,10,12,26H,5-8H2. The van der Waals surface area contributed by atoms with Gasteiger partial charge in [-0.2, -0.15) is 22.9 Å². The van der Waals surface area contributed by atoms with Crippen LogP contribution in [0.15, 0.2) is 35.3 Å². The van der Waals surface area contributed by atoms with Gasteiger partial charge in [-0.25, -0.2) is 4.98 Å². The van der Waals surface area contributed by atoms with Gasteiger partial charge in [0, 0.05) is 24.3 Å². The molecular weight excluding hydrogens is 407 g/mol. The number of hydrogen-bond donors (Lipinski definition) is 1. The Morgan fingerprint density at radius 3 is 2.45 bits per heavy atom. The predicted molar refractivity (Wildman–Crippen MR) is 101 cm³/mol. The third-order valence-electron chi connectivity index (χ3n) is 5.21. The number of rotatable bonds is 2. The molecule has 4 rings (SSSR count). The van der Waals surface area contributed by atoms with Crippen LogP contribution in [0.4, 0.5) is 19.0 Å². The summed E-state index contributed by atoms with van der Waals surface area (Å²) in [4.78, 5) is 17.8. The van der Waals surface area contributed by atoms with Crippen molar-refractivity contribution in [3.05, 3.63) is 62.5 Å². The monoisotopic (exact) mass is 421 g/mol. The molecule has 0 unspecified atom stereocenters. The molecule has 6 nitrogen and oxygen atoms in total. The number of nitrogens with one attached hydrogen (secondary N) is 1. The summed E-state index contributed by atoms with van der Waals surface area (Å²) in [6, 6.07) is 9.60. The van der Waals surface area contributed by atoms with E-state index in [9.17, 15) is 23.2 Å². The van der Waals surface area contributed by atoms with Gasteiger partial charge in [-0.1, -0.05) is 23.7 Å². The molecule has 3 aromatic rings. The first-order valence-corrected chi connectivity index (χ1v) is 9.29. The lowest BCUT2D eigenvalue weighted by molar-refractivity contribution is -0.139. The average molecular weight is 422 g/mol. The molecule has 1 aliphatic rings. The molecule has 0 bridgehead atoms. The number of piperidine rings is 1. The first-order valence-electron chi connectivity index (χ1n) is 8.91. The number of benzene rings is 1. The van der Waals surface area contributed by atoms with E-state index >= 15 is 0 Å². The third kappa shape index (κ3) is 3.44. The highest BCUT2D eigenvalue weighted by atomic mass is 35.5. The van der Waals surface area contributed by atoms with Gasteiger partial charge in [0.05, 0.1) is 0 Å². The zero-order valence-corrected chi connectivity index (χ0v) is 15.8. The van der Waals surface area contributed by atoms with Gasteiger partial charge in [0.1, 0.15) is 23.0 Å². The van der Waals surface area contributed by atoms with Crippen molar-refractivity contribution >= 4 is 23.1 Å². The molecule has 0 amide bonds. The summed E-state index contributed by atoms with van der Waals surface area (Å²) in [6.45, 7) is 1.16. The van der Waals surface area contributed by atoms with Gasteiger partial charge in [-0.3, -0.25) is 9.89 Å². The minimum absolute atomic E-state index is 0.0563. The lowest BCUT2D eigenvalue weighted by atomic mass is 9.89. The number of H-pyrrole nitrogens is 1. The number of nitrogens with zero attached hydrogens (tertiary/aromatic N) is 4. The molecule has 10 heteroatoms. The molecule has 0 spiro atoms. The van der Waals surface area contributed by atoms with Crippen LogP contribution in [0.25, 0.3) is 5.65 Å². The Bertz CT molecular complexity index is 1150. The number of alkyl halides is 3. The predicted octanol–water partition coefficient (Wildman–Crippen LogP) is 3.95. The van der Waals surface area contributed by atoms with Gasteiger partial charge in [-0.05, 0) is 36.5 Å². The van der Waals surface area contributed by atoms with Crippen molar-refractivity contribution in [1.82, 2.24) is 14.6 Å². The van der Waals surface area contributed by atoms with E-state index in [-0.39, 0.29) is 11.2 Å². The van der Waals surface area contributed by atoms with E-state index in [4.69, 9.17) is 11.6 Å². The summed E-state index contributed by atoms with van der Waals surface area (Å²) in [7, 11) is 0. The molecule has 0 radical (unpaired) electrons. The van der Waals surface area contributed by atoms with Crippen molar-refractivity contribution in [1.29, 1.82) is 5.26 Å². The molecule has 150 valence electrons. The molecule has 2 aromatic heterocycles. The van der Waals surface area contributed by atoms with E-state index in [0.29, 0.717) is 40.6 Å². The SMILES string of the molecule is N#Cc1c(N2CCC(c3ccc(Cl)cc3)CC2)[nH]n2c(=O)c(C(F)(F)F)cnc12. The number of hydrogen-bond acceptors (Lipinski definition) is 4. The topological polar surface area (TPSA) is 77.2 Å². The number of aromatic amines is 1. The zero-order chi connectivity index (χ0) is 20.8. The molecule has 0 atom stereocenters. The number of fused-ring (bicyclic) bond motifs is 1. The highest BCUT2D eigenvalue weighted by Gasteiger charge is 2.36. The van der Waals surface area contributed by atoms with Crippen LogP contribution in [0.2, 0.25) is 5.02 Å². The van der Waals surface area contributed by atoms with Gasteiger partial charge >= 0.3 is 6.18 Å². The lowest BCUT2D eigenvalue weighted by Gasteiger charge is -2.32. The highest BCUT2D eigenvalue weighted by Crippen LogP contribution is 2.33. The van der Waals surface area contributed by atoms with E-state index in [0.717, 1.165) is 12.8 Å². The average Bonchev–Trinajstić information content (AvgIpc) is 3.07. The zero-order valence-electron chi connectivity index (χ0n) is 15.0. The highest BCUT2D eigenvalue weighted by molar-refractivity contribution is 6.30. The second-order valence-corrected chi connectivity index (χ2v) is 7.33. The maximum atomic E-state index is 13.0. The quantitative estimate of drug-likeness (QED) is 0.679. The van der Waals surface area contributed by atoms with Crippen molar-refractivity contribution in [2.75, 3.05) is 18.0 Å². The minimum Gasteiger partial charge on any atom is -0.356 e. The van der Waals surface area contributed by atoms with Crippen LogP contribution in [0.3, 0.4) is 0 Å². The Kier molecular flexibility index (Phi) is 4.74. The van der Waals surface area contributed by atoms with Crippen LogP contribution < -0.4 is 10.5 Å². The van der Waals surface area contributed by atoms with Crippen LogP contribution >= 0.6 is 11.6 Å². The van der Waals surface area contributed by atoms with Gasteiger partial charge in [0.25, 0.3) is 5.56 Å². The summed E-state index contributed by atoms with van der Waals surface area (Å²) in [5.74, 6) is 0.627. The normalized spacial score (nSPS) is 15.6. The van der Waals surface area contributed by atoms with E-state index in [1.54, 1.807) is 0 Å². The van der Waals surface area contributed by atoms with E-state index in [2.05, 4.69) is 10.1 Å². The first kappa shape index (κ1) is 19.3.